The van der Waals surface area contributed by atoms with Gasteiger partial charge in [0.25, 0.3) is 0 Å². The van der Waals surface area contributed by atoms with Crippen LogP contribution < -0.4 is 0 Å². The molecule has 1 saturated carbocycles. The molecule has 4 heteroatoms. The highest BCUT2D eigenvalue weighted by Crippen LogP contribution is 2.46. The van der Waals surface area contributed by atoms with E-state index in [4.69, 9.17) is 4.84 Å². The van der Waals surface area contributed by atoms with Gasteiger partial charge in [-0.3, -0.25) is 14.4 Å². The van der Waals surface area contributed by atoms with Gasteiger partial charge in [0.1, 0.15) is 12.1 Å². The Kier molecular flexibility index (Phi) is 2.10. The number of carbonyl (C=O) groups excluding carboxylic acids is 2. The molecule has 1 heterocycles. The van der Waals surface area contributed by atoms with E-state index in [2.05, 4.69) is 0 Å². The Morgan fingerprint density at radius 2 is 2.29 bits per heavy atom. The monoisotopic (exact) mass is 197 g/mol. The van der Waals surface area contributed by atoms with Crippen molar-refractivity contribution in [1.29, 1.82) is 0 Å². The Bertz CT molecular complexity index is 285. The standard InChI is InChI=1S/C10H15NO3/c1-7(12)6-11-9(13)5-10(2,14-11)8-3-4-8/h8H,3-6H2,1-2H3. The third-order valence-corrected chi connectivity index (χ3v) is 2.91. The fraction of sp³-hybridized carbons (Fsp3) is 0.800. The SMILES string of the molecule is CC(=O)CN1OC(C)(C2CC2)CC1=O. The Balaban J connectivity index is 2.02. The van der Waals surface area contributed by atoms with Crippen LogP contribution in [0.1, 0.15) is 33.1 Å². The zero-order valence-electron chi connectivity index (χ0n) is 8.58. The first-order valence-corrected chi connectivity index (χ1v) is 5.00. The molecule has 0 bridgehead atoms. The second-order valence-electron chi connectivity index (χ2n) is 4.49. The van der Waals surface area contributed by atoms with Gasteiger partial charge in [-0.2, -0.15) is 0 Å². The van der Waals surface area contributed by atoms with Crippen LogP contribution >= 0.6 is 0 Å². The highest BCUT2D eigenvalue weighted by Gasteiger charge is 2.51. The smallest absolute Gasteiger partial charge is 0.249 e. The van der Waals surface area contributed by atoms with E-state index < -0.39 is 0 Å². The Morgan fingerprint density at radius 1 is 1.64 bits per heavy atom. The van der Waals surface area contributed by atoms with E-state index >= 15 is 0 Å². The van der Waals surface area contributed by atoms with E-state index in [1.807, 2.05) is 6.92 Å². The summed E-state index contributed by atoms with van der Waals surface area (Å²) < 4.78 is 0. The Morgan fingerprint density at radius 3 is 2.79 bits per heavy atom. The number of nitrogens with zero attached hydrogens (tertiary/aromatic N) is 1. The molecule has 0 N–H and O–H groups in total. The molecule has 1 amide bonds. The topological polar surface area (TPSA) is 46.6 Å². The molecule has 0 aromatic carbocycles. The predicted octanol–water partition coefficient (Wildman–Crippen LogP) is 0.908. The summed E-state index contributed by atoms with van der Waals surface area (Å²) in [5.74, 6) is 0.399. The van der Waals surface area contributed by atoms with Crippen molar-refractivity contribution in [3.8, 4) is 0 Å². The molecule has 78 valence electrons. The summed E-state index contributed by atoms with van der Waals surface area (Å²) in [7, 11) is 0. The zero-order valence-corrected chi connectivity index (χ0v) is 8.58. The summed E-state index contributed by atoms with van der Waals surface area (Å²) in [6, 6.07) is 0. The average Bonchev–Trinajstić information content (AvgIpc) is 2.80. The third-order valence-electron chi connectivity index (χ3n) is 2.91. The highest BCUT2D eigenvalue weighted by atomic mass is 16.7. The summed E-state index contributed by atoms with van der Waals surface area (Å²) in [5.41, 5.74) is -0.341. The average molecular weight is 197 g/mol. The Hall–Kier alpha value is -0.900. The molecular formula is C10H15NO3. The summed E-state index contributed by atoms with van der Waals surface area (Å²) in [4.78, 5) is 27.9. The van der Waals surface area contributed by atoms with Crippen molar-refractivity contribution in [3.63, 3.8) is 0 Å². The number of carbonyl (C=O) groups is 2. The molecule has 0 radical (unpaired) electrons. The second-order valence-corrected chi connectivity index (χ2v) is 4.49. The molecule has 1 aliphatic heterocycles. The first-order valence-electron chi connectivity index (χ1n) is 5.00. The lowest BCUT2D eigenvalue weighted by Crippen LogP contribution is -2.32. The fourth-order valence-electron chi connectivity index (χ4n) is 1.96. The molecule has 1 saturated heterocycles. The molecule has 2 fully saturated rings. The van der Waals surface area contributed by atoms with Gasteiger partial charge in [-0.1, -0.05) is 0 Å². The van der Waals surface area contributed by atoms with Crippen molar-refractivity contribution in [3.05, 3.63) is 0 Å². The van der Waals surface area contributed by atoms with Crippen molar-refractivity contribution in [2.75, 3.05) is 6.54 Å². The molecule has 4 nitrogen and oxygen atoms in total. The lowest BCUT2D eigenvalue weighted by atomic mass is 9.97. The number of rotatable bonds is 3. The van der Waals surface area contributed by atoms with Crippen molar-refractivity contribution in [2.45, 2.75) is 38.7 Å². The third kappa shape index (κ3) is 1.66. The maximum Gasteiger partial charge on any atom is 0.249 e. The second kappa shape index (κ2) is 3.05. The van der Waals surface area contributed by atoms with E-state index in [1.165, 1.54) is 12.0 Å². The first-order chi connectivity index (χ1) is 6.51. The van der Waals surface area contributed by atoms with Gasteiger partial charge in [0, 0.05) is 0 Å². The van der Waals surface area contributed by atoms with Crippen LogP contribution in [0, 0.1) is 5.92 Å². The van der Waals surface area contributed by atoms with Crippen molar-refractivity contribution < 1.29 is 14.4 Å². The van der Waals surface area contributed by atoms with E-state index in [-0.39, 0.29) is 23.8 Å². The van der Waals surface area contributed by atoms with Crippen molar-refractivity contribution in [2.24, 2.45) is 5.92 Å². The molecule has 14 heavy (non-hydrogen) atoms. The normalized spacial score (nSPS) is 32.4. The molecule has 1 atom stereocenters. The molecule has 2 aliphatic rings. The maximum absolute atomic E-state index is 11.5. The number of ketones is 1. The van der Waals surface area contributed by atoms with E-state index in [0.717, 1.165) is 12.8 Å². The number of hydroxylamine groups is 2. The minimum atomic E-state index is -0.341. The fourth-order valence-corrected chi connectivity index (χ4v) is 1.96. The van der Waals surface area contributed by atoms with Crippen molar-refractivity contribution >= 4 is 11.7 Å². The molecule has 1 unspecified atom stereocenters. The summed E-state index contributed by atoms with van der Waals surface area (Å²) in [5, 5.41) is 1.22. The van der Waals surface area contributed by atoms with Crippen LogP contribution in [-0.2, 0) is 14.4 Å². The largest absolute Gasteiger partial charge is 0.298 e. The highest BCUT2D eigenvalue weighted by molar-refractivity contribution is 5.85. The molecule has 2 rings (SSSR count). The lowest BCUT2D eigenvalue weighted by Gasteiger charge is -2.22. The van der Waals surface area contributed by atoms with Crippen LogP contribution in [0.3, 0.4) is 0 Å². The molecule has 0 aromatic heterocycles. The predicted molar refractivity (Wildman–Crippen MR) is 49.2 cm³/mol. The number of hydrogen-bond donors (Lipinski definition) is 0. The van der Waals surface area contributed by atoms with Crippen LogP contribution in [0.25, 0.3) is 0 Å². The molecule has 0 aromatic rings. The van der Waals surface area contributed by atoms with Crippen LogP contribution in [0.2, 0.25) is 0 Å². The van der Waals surface area contributed by atoms with Gasteiger partial charge < -0.3 is 0 Å². The minimum Gasteiger partial charge on any atom is -0.298 e. The molecule has 0 spiro atoms. The molecule has 1 aliphatic carbocycles. The van der Waals surface area contributed by atoms with Gasteiger partial charge in [-0.05, 0) is 32.6 Å². The lowest BCUT2D eigenvalue weighted by molar-refractivity contribution is -0.200. The summed E-state index contributed by atoms with van der Waals surface area (Å²) in [6.45, 7) is 3.51. The summed E-state index contributed by atoms with van der Waals surface area (Å²) in [6.07, 6.45) is 2.69. The van der Waals surface area contributed by atoms with Gasteiger partial charge in [-0.15, -0.1) is 0 Å². The first kappa shape index (κ1) is 9.65. The minimum absolute atomic E-state index is 0.0432. The van der Waals surface area contributed by atoms with Crippen molar-refractivity contribution in [1.82, 2.24) is 5.06 Å². The molecular weight excluding hydrogens is 182 g/mol. The quantitative estimate of drug-likeness (QED) is 0.675. The van der Waals surface area contributed by atoms with Crippen LogP contribution in [0.15, 0.2) is 0 Å². The van der Waals surface area contributed by atoms with Crippen LogP contribution in [-0.4, -0.2) is 28.9 Å². The van der Waals surface area contributed by atoms with Gasteiger partial charge in [0.15, 0.2) is 5.78 Å². The van der Waals surface area contributed by atoms with Gasteiger partial charge >= 0.3 is 0 Å². The van der Waals surface area contributed by atoms with Gasteiger partial charge in [0.05, 0.1) is 6.42 Å². The van der Waals surface area contributed by atoms with Gasteiger partial charge in [0.2, 0.25) is 5.91 Å². The maximum atomic E-state index is 11.5. The van der Waals surface area contributed by atoms with Crippen LogP contribution in [0.4, 0.5) is 0 Å². The summed E-state index contributed by atoms with van der Waals surface area (Å²) >= 11 is 0. The zero-order chi connectivity index (χ0) is 10.3. The van der Waals surface area contributed by atoms with E-state index in [1.54, 1.807) is 0 Å². The number of amides is 1. The Labute approximate surface area is 83.2 Å². The van der Waals surface area contributed by atoms with Gasteiger partial charge in [-0.25, -0.2) is 5.06 Å². The van der Waals surface area contributed by atoms with E-state index in [9.17, 15) is 9.59 Å². The van der Waals surface area contributed by atoms with Crippen LogP contribution in [0.5, 0.6) is 0 Å². The number of hydrogen-bond acceptors (Lipinski definition) is 3. The number of Topliss-reactive ketones (excluding diaryl/α,β-unsaturated/α-hetero) is 1. The van der Waals surface area contributed by atoms with E-state index in [0.29, 0.717) is 12.3 Å².